The van der Waals surface area contributed by atoms with E-state index in [1.54, 1.807) is 4.90 Å². The minimum atomic E-state index is -3.45. The molecule has 1 aromatic rings. The Morgan fingerprint density at radius 3 is 2.38 bits per heavy atom. The van der Waals surface area contributed by atoms with E-state index in [2.05, 4.69) is 0 Å². The first kappa shape index (κ1) is 17.3. The number of carbonyl (C=O) groups excluding carboxylic acids is 1. The predicted molar refractivity (Wildman–Crippen MR) is 86.2 cm³/mol. The summed E-state index contributed by atoms with van der Waals surface area (Å²) in [6, 6.07) is 3.82. The summed E-state index contributed by atoms with van der Waals surface area (Å²) in [7, 11) is -3.45. The topological polar surface area (TPSA) is 54.5 Å². The van der Waals surface area contributed by atoms with E-state index in [4.69, 9.17) is 0 Å². The van der Waals surface area contributed by atoms with Crippen LogP contribution in [0.2, 0.25) is 0 Å². The molecule has 24 heavy (non-hydrogen) atoms. The summed E-state index contributed by atoms with van der Waals surface area (Å²) >= 11 is 0. The summed E-state index contributed by atoms with van der Waals surface area (Å²) in [5, 5.41) is 0. The lowest BCUT2D eigenvalue weighted by Crippen LogP contribution is -2.59. The van der Waals surface area contributed by atoms with Crippen molar-refractivity contribution in [2.24, 2.45) is 5.92 Å². The van der Waals surface area contributed by atoms with Crippen molar-refractivity contribution in [3.05, 3.63) is 35.4 Å². The number of carbonyl (C=O) groups is 1. The monoisotopic (exact) mass is 357 g/mol. The molecule has 1 aliphatic carbocycles. The van der Waals surface area contributed by atoms with Gasteiger partial charge in [0.15, 0.2) is 26.2 Å². The van der Waals surface area contributed by atoms with Gasteiger partial charge >= 0.3 is 0 Å². The molecule has 2 fully saturated rings. The molecule has 0 spiro atoms. The highest BCUT2D eigenvalue weighted by atomic mass is 32.2. The first-order valence-electron chi connectivity index (χ1n) is 8.16. The molecule has 7 heteroatoms. The molecular weight excluding hydrogens is 336 g/mol. The van der Waals surface area contributed by atoms with Crippen molar-refractivity contribution in [1.29, 1.82) is 0 Å². The minimum absolute atomic E-state index is 0.150. The third-order valence-corrected chi connectivity index (χ3v) is 7.27. The number of benzene rings is 1. The third-order valence-electron chi connectivity index (χ3n) is 5.26. The Morgan fingerprint density at radius 1 is 1.21 bits per heavy atom. The molecule has 3 rings (SSSR count). The Hall–Kier alpha value is -1.50. The molecular formula is C17H21F2NO3S. The van der Waals surface area contributed by atoms with Crippen molar-refractivity contribution in [2.75, 3.05) is 19.3 Å². The molecule has 0 atom stereocenters. The van der Waals surface area contributed by atoms with Crippen LogP contribution in [-0.2, 0) is 21.1 Å². The largest absolute Gasteiger partial charge is 0.341 e. The quantitative estimate of drug-likeness (QED) is 0.831. The van der Waals surface area contributed by atoms with E-state index in [1.807, 2.05) is 0 Å². The molecule has 0 aromatic heterocycles. The van der Waals surface area contributed by atoms with Gasteiger partial charge in [-0.05, 0) is 42.9 Å². The van der Waals surface area contributed by atoms with Gasteiger partial charge in [0, 0.05) is 19.3 Å². The van der Waals surface area contributed by atoms with Gasteiger partial charge in [-0.1, -0.05) is 18.9 Å². The highest BCUT2D eigenvalue weighted by Crippen LogP contribution is 2.39. The van der Waals surface area contributed by atoms with Gasteiger partial charge in [-0.3, -0.25) is 4.79 Å². The molecule has 1 aliphatic heterocycles. The fourth-order valence-corrected chi connectivity index (χ4v) is 5.32. The Bertz CT molecular complexity index is 751. The Balaban J connectivity index is 1.63. The number of nitrogens with zero attached hydrogens (tertiary/aromatic N) is 1. The number of amides is 1. The Morgan fingerprint density at radius 2 is 1.83 bits per heavy atom. The van der Waals surface area contributed by atoms with Crippen molar-refractivity contribution in [1.82, 2.24) is 4.90 Å². The average molecular weight is 357 g/mol. The van der Waals surface area contributed by atoms with Gasteiger partial charge in [0.1, 0.15) is 0 Å². The van der Waals surface area contributed by atoms with Crippen molar-refractivity contribution < 1.29 is 22.0 Å². The number of halogens is 2. The second kappa shape index (κ2) is 6.10. The maximum Gasteiger partial charge on any atom is 0.244 e. The van der Waals surface area contributed by atoms with Crippen molar-refractivity contribution in [2.45, 2.75) is 36.9 Å². The van der Waals surface area contributed by atoms with Crippen molar-refractivity contribution in [3.8, 4) is 0 Å². The van der Waals surface area contributed by atoms with E-state index in [0.717, 1.165) is 25.2 Å². The van der Waals surface area contributed by atoms with Gasteiger partial charge in [-0.25, -0.2) is 17.2 Å². The SMILES string of the molecule is CS(=O)(=O)C1(C(=O)N2CC(Cc3ccc(F)c(F)c3)C2)CCCC1. The van der Waals surface area contributed by atoms with Crippen LogP contribution in [0, 0.1) is 17.6 Å². The van der Waals surface area contributed by atoms with Gasteiger partial charge in [-0.2, -0.15) is 0 Å². The highest BCUT2D eigenvalue weighted by molar-refractivity contribution is 7.92. The third kappa shape index (κ3) is 2.94. The summed E-state index contributed by atoms with van der Waals surface area (Å²) < 4.78 is 49.2. The van der Waals surface area contributed by atoms with Crippen molar-refractivity contribution >= 4 is 15.7 Å². The molecule has 132 valence electrons. The van der Waals surface area contributed by atoms with Gasteiger partial charge in [-0.15, -0.1) is 0 Å². The van der Waals surface area contributed by atoms with Crippen molar-refractivity contribution in [3.63, 3.8) is 0 Å². The van der Waals surface area contributed by atoms with Crippen LogP contribution in [0.15, 0.2) is 18.2 Å². The van der Waals surface area contributed by atoms with Gasteiger partial charge in [0.2, 0.25) is 5.91 Å². The predicted octanol–water partition coefficient (Wildman–Crippen LogP) is 2.32. The zero-order valence-electron chi connectivity index (χ0n) is 13.6. The van der Waals surface area contributed by atoms with Crippen LogP contribution in [0.25, 0.3) is 0 Å². The molecule has 1 heterocycles. The van der Waals surface area contributed by atoms with Gasteiger partial charge in [0.05, 0.1) is 0 Å². The molecule has 2 aliphatic rings. The number of hydrogen-bond donors (Lipinski definition) is 0. The summed E-state index contributed by atoms with van der Waals surface area (Å²) in [5.74, 6) is -1.89. The van der Waals surface area contributed by atoms with Crippen LogP contribution in [0.5, 0.6) is 0 Å². The number of sulfone groups is 1. The normalized spacial score (nSPS) is 20.9. The van der Waals surface area contributed by atoms with Crippen LogP contribution in [-0.4, -0.2) is 43.3 Å². The van der Waals surface area contributed by atoms with Crippen LogP contribution in [0.1, 0.15) is 31.2 Å². The molecule has 1 aromatic carbocycles. The number of likely N-dealkylation sites (tertiary alicyclic amines) is 1. The summed E-state index contributed by atoms with van der Waals surface area (Å²) in [6.45, 7) is 0.935. The fraction of sp³-hybridized carbons (Fsp3) is 0.588. The summed E-state index contributed by atoms with van der Waals surface area (Å²) in [4.78, 5) is 14.3. The van der Waals surface area contributed by atoms with E-state index in [1.165, 1.54) is 12.1 Å². The van der Waals surface area contributed by atoms with Crippen LogP contribution in [0.4, 0.5) is 8.78 Å². The van der Waals surface area contributed by atoms with E-state index < -0.39 is 26.2 Å². The zero-order chi connectivity index (χ0) is 17.5. The lowest BCUT2D eigenvalue weighted by atomic mass is 9.90. The lowest BCUT2D eigenvalue weighted by Gasteiger charge is -2.43. The molecule has 0 N–H and O–H groups in total. The van der Waals surface area contributed by atoms with E-state index in [9.17, 15) is 22.0 Å². The van der Waals surface area contributed by atoms with Crippen LogP contribution >= 0.6 is 0 Å². The molecule has 0 unspecified atom stereocenters. The zero-order valence-corrected chi connectivity index (χ0v) is 14.4. The lowest BCUT2D eigenvalue weighted by molar-refractivity contribution is -0.140. The van der Waals surface area contributed by atoms with Crippen LogP contribution < -0.4 is 0 Å². The van der Waals surface area contributed by atoms with E-state index >= 15 is 0 Å². The molecule has 1 amide bonds. The van der Waals surface area contributed by atoms with Crippen LogP contribution in [0.3, 0.4) is 0 Å². The van der Waals surface area contributed by atoms with Gasteiger partial charge < -0.3 is 4.90 Å². The number of rotatable bonds is 4. The van der Waals surface area contributed by atoms with Gasteiger partial charge in [0.25, 0.3) is 0 Å². The molecule has 1 saturated carbocycles. The van der Waals surface area contributed by atoms with E-state index in [-0.39, 0.29) is 11.8 Å². The molecule has 1 saturated heterocycles. The maximum atomic E-state index is 13.2. The number of hydrogen-bond acceptors (Lipinski definition) is 3. The standard InChI is InChI=1S/C17H21F2NO3S/c1-24(22,23)17(6-2-3-7-17)16(21)20-10-13(11-20)8-12-4-5-14(18)15(19)9-12/h4-5,9,13H,2-3,6-8,10-11H2,1H3. The summed E-state index contributed by atoms with van der Waals surface area (Å²) in [5.41, 5.74) is 0.685. The molecule has 0 bridgehead atoms. The molecule has 4 nitrogen and oxygen atoms in total. The Labute approximate surface area is 140 Å². The molecule has 0 radical (unpaired) electrons. The minimum Gasteiger partial charge on any atom is -0.341 e. The Kier molecular flexibility index (Phi) is 4.40. The fourth-order valence-electron chi connectivity index (χ4n) is 3.84. The first-order valence-corrected chi connectivity index (χ1v) is 10.0. The maximum absolute atomic E-state index is 13.2. The highest BCUT2D eigenvalue weighted by Gasteiger charge is 2.53. The second-order valence-electron chi connectivity index (χ2n) is 7.00. The summed E-state index contributed by atoms with van der Waals surface area (Å²) in [6.07, 6.45) is 4.00. The average Bonchev–Trinajstić information content (AvgIpc) is 2.96. The second-order valence-corrected chi connectivity index (χ2v) is 9.33. The first-order chi connectivity index (χ1) is 11.2. The van der Waals surface area contributed by atoms with E-state index in [0.29, 0.717) is 37.9 Å². The smallest absolute Gasteiger partial charge is 0.244 e.